The van der Waals surface area contributed by atoms with Gasteiger partial charge in [0.15, 0.2) is 0 Å². The summed E-state index contributed by atoms with van der Waals surface area (Å²) in [6.45, 7) is 11.5. The zero-order chi connectivity index (χ0) is 22.2. The zero-order valence-corrected chi connectivity index (χ0v) is 19.9. The summed E-state index contributed by atoms with van der Waals surface area (Å²) in [5.41, 5.74) is 0. The van der Waals surface area contributed by atoms with Crippen molar-refractivity contribution in [1.82, 2.24) is 0 Å². The van der Waals surface area contributed by atoms with Crippen molar-refractivity contribution < 1.29 is 20.1 Å². The van der Waals surface area contributed by atoms with Gasteiger partial charge in [0, 0.05) is 18.6 Å². The Labute approximate surface area is 176 Å². The van der Waals surface area contributed by atoms with Crippen molar-refractivity contribution in [1.29, 1.82) is 0 Å². The summed E-state index contributed by atoms with van der Waals surface area (Å²) in [6.07, 6.45) is 17.0. The molecule has 0 atom stereocenters. The highest BCUT2D eigenvalue weighted by molar-refractivity contribution is 5.66. The van der Waals surface area contributed by atoms with E-state index in [1.54, 1.807) is 27.7 Å². The van der Waals surface area contributed by atoms with Crippen LogP contribution in [0.1, 0.15) is 131 Å². The van der Waals surface area contributed by atoms with Crippen molar-refractivity contribution in [2.45, 2.75) is 144 Å². The summed E-state index contributed by atoms with van der Waals surface area (Å²) in [5.74, 6) is 0.212. The molecule has 0 aromatic heterocycles. The standard InChI is InChI=1S/C18H36O2.2C3H8O/c1-17(2)15-13-11-9-7-5-3-4-6-8-10-12-14-16-18(19)20;2*1-3(2)4/h17H,3-16H2,1-2H3,(H,19,20);2*3-4H,1-2H3. The third kappa shape index (κ3) is 56.2. The van der Waals surface area contributed by atoms with Crippen LogP contribution < -0.4 is 0 Å². The highest BCUT2D eigenvalue weighted by Crippen LogP contribution is 2.14. The molecule has 0 rings (SSSR count). The molecule has 0 radical (unpaired) electrons. The van der Waals surface area contributed by atoms with Gasteiger partial charge in [0.2, 0.25) is 0 Å². The van der Waals surface area contributed by atoms with Crippen LogP contribution in [0.4, 0.5) is 0 Å². The van der Waals surface area contributed by atoms with Crippen LogP contribution in [-0.4, -0.2) is 33.5 Å². The second kappa shape index (κ2) is 26.4. The first-order chi connectivity index (χ1) is 13.1. The molecule has 0 unspecified atom stereocenters. The molecule has 28 heavy (non-hydrogen) atoms. The summed E-state index contributed by atoms with van der Waals surface area (Å²) in [5, 5.41) is 24.6. The maximum atomic E-state index is 10.3. The van der Waals surface area contributed by atoms with Crippen molar-refractivity contribution >= 4 is 5.97 Å². The SMILES string of the molecule is CC(C)CCCCCCCCCCCCCCC(=O)O.CC(C)O.CC(C)O. The van der Waals surface area contributed by atoms with Gasteiger partial charge in [-0.2, -0.15) is 0 Å². The monoisotopic (exact) mass is 404 g/mol. The van der Waals surface area contributed by atoms with Gasteiger partial charge in [-0.3, -0.25) is 4.79 Å². The van der Waals surface area contributed by atoms with E-state index in [0.29, 0.717) is 6.42 Å². The van der Waals surface area contributed by atoms with E-state index in [9.17, 15) is 4.79 Å². The van der Waals surface area contributed by atoms with Crippen LogP contribution in [0.25, 0.3) is 0 Å². The van der Waals surface area contributed by atoms with Gasteiger partial charge in [0.05, 0.1) is 0 Å². The fourth-order valence-corrected chi connectivity index (χ4v) is 2.60. The molecule has 0 aromatic rings. The number of rotatable bonds is 15. The molecule has 172 valence electrons. The molecule has 3 N–H and O–H groups in total. The van der Waals surface area contributed by atoms with E-state index in [2.05, 4.69) is 13.8 Å². The smallest absolute Gasteiger partial charge is 0.303 e. The van der Waals surface area contributed by atoms with Crippen LogP contribution in [0.3, 0.4) is 0 Å². The Morgan fingerprint density at radius 2 is 0.821 bits per heavy atom. The first kappa shape index (κ1) is 32.1. The lowest BCUT2D eigenvalue weighted by Crippen LogP contribution is -1.93. The van der Waals surface area contributed by atoms with Crippen LogP contribution in [0, 0.1) is 5.92 Å². The molecule has 0 aliphatic heterocycles. The Morgan fingerprint density at radius 1 is 0.571 bits per heavy atom. The predicted molar refractivity (Wildman–Crippen MR) is 122 cm³/mol. The quantitative estimate of drug-likeness (QED) is 0.258. The average Bonchev–Trinajstić information content (AvgIpc) is 2.53. The lowest BCUT2D eigenvalue weighted by atomic mass is 10.0. The molecular formula is C24H52O4. The molecule has 0 saturated carbocycles. The molecule has 0 spiro atoms. The Kier molecular flexibility index (Phi) is 30.2. The van der Waals surface area contributed by atoms with E-state index in [1.165, 1.54) is 70.6 Å². The second-order valence-corrected chi connectivity index (χ2v) is 8.76. The van der Waals surface area contributed by atoms with Crippen molar-refractivity contribution in [3.05, 3.63) is 0 Å². The van der Waals surface area contributed by atoms with Crippen LogP contribution in [0.2, 0.25) is 0 Å². The molecule has 0 fully saturated rings. The van der Waals surface area contributed by atoms with Gasteiger partial charge in [-0.25, -0.2) is 0 Å². The number of unbranched alkanes of at least 4 members (excludes halogenated alkanes) is 11. The molecule has 0 aromatic carbocycles. The third-order valence-electron chi connectivity index (χ3n) is 3.92. The van der Waals surface area contributed by atoms with Crippen molar-refractivity contribution in [3.63, 3.8) is 0 Å². The van der Waals surface area contributed by atoms with Crippen LogP contribution in [-0.2, 0) is 4.79 Å². The number of carboxylic acid groups (broad SMARTS) is 1. The number of aliphatic carboxylic acids is 1. The number of hydrogen-bond acceptors (Lipinski definition) is 3. The minimum atomic E-state index is -0.654. The molecule has 4 nitrogen and oxygen atoms in total. The van der Waals surface area contributed by atoms with Gasteiger partial charge in [-0.15, -0.1) is 0 Å². The molecule has 0 saturated heterocycles. The van der Waals surface area contributed by atoms with Crippen LogP contribution in [0.5, 0.6) is 0 Å². The zero-order valence-electron chi connectivity index (χ0n) is 19.9. The van der Waals surface area contributed by atoms with Gasteiger partial charge in [-0.1, -0.05) is 90.9 Å². The number of hydrogen-bond donors (Lipinski definition) is 3. The second-order valence-electron chi connectivity index (χ2n) is 8.76. The molecule has 0 aliphatic rings. The summed E-state index contributed by atoms with van der Waals surface area (Å²) in [6, 6.07) is 0. The van der Waals surface area contributed by atoms with Gasteiger partial charge in [0.25, 0.3) is 0 Å². The van der Waals surface area contributed by atoms with E-state index >= 15 is 0 Å². The first-order valence-electron chi connectivity index (χ1n) is 11.7. The Morgan fingerprint density at radius 3 is 1.07 bits per heavy atom. The third-order valence-corrected chi connectivity index (χ3v) is 3.92. The highest BCUT2D eigenvalue weighted by atomic mass is 16.4. The minimum Gasteiger partial charge on any atom is -0.481 e. The molecule has 0 heterocycles. The summed E-state index contributed by atoms with van der Waals surface area (Å²) < 4.78 is 0. The molecule has 0 bridgehead atoms. The maximum absolute atomic E-state index is 10.3. The summed E-state index contributed by atoms with van der Waals surface area (Å²) >= 11 is 0. The lowest BCUT2D eigenvalue weighted by Gasteiger charge is -2.04. The topological polar surface area (TPSA) is 77.8 Å². The van der Waals surface area contributed by atoms with E-state index in [4.69, 9.17) is 15.3 Å². The Bertz CT molecular complexity index is 277. The van der Waals surface area contributed by atoms with E-state index in [0.717, 1.165) is 18.8 Å². The van der Waals surface area contributed by atoms with Crippen molar-refractivity contribution in [2.24, 2.45) is 5.92 Å². The number of aliphatic hydroxyl groups excluding tert-OH is 2. The fraction of sp³-hybridized carbons (Fsp3) is 0.958. The van der Waals surface area contributed by atoms with Gasteiger partial charge < -0.3 is 15.3 Å². The summed E-state index contributed by atoms with van der Waals surface area (Å²) in [7, 11) is 0. The first-order valence-corrected chi connectivity index (χ1v) is 11.7. The summed E-state index contributed by atoms with van der Waals surface area (Å²) in [4.78, 5) is 10.3. The molecular weight excluding hydrogens is 352 g/mol. The largest absolute Gasteiger partial charge is 0.481 e. The van der Waals surface area contributed by atoms with Crippen LogP contribution in [0.15, 0.2) is 0 Å². The Balaban J connectivity index is -0.000000656. The van der Waals surface area contributed by atoms with E-state index in [1.807, 2.05) is 0 Å². The molecule has 4 heteroatoms. The fourth-order valence-electron chi connectivity index (χ4n) is 2.60. The Hall–Kier alpha value is -0.610. The molecule has 0 aliphatic carbocycles. The van der Waals surface area contributed by atoms with E-state index in [-0.39, 0.29) is 12.2 Å². The normalized spacial score (nSPS) is 10.5. The average molecular weight is 405 g/mol. The maximum Gasteiger partial charge on any atom is 0.303 e. The number of aliphatic hydroxyl groups is 2. The number of carboxylic acids is 1. The molecule has 0 amide bonds. The van der Waals surface area contributed by atoms with Crippen LogP contribution >= 0.6 is 0 Å². The van der Waals surface area contributed by atoms with Gasteiger partial charge in [0.1, 0.15) is 0 Å². The van der Waals surface area contributed by atoms with Crippen molar-refractivity contribution in [3.8, 4) is 0 Å². The van der Waals surface area contributed by atoms with Crippen molar-refractivity contribution in [2.75, 3.05) is 0 Å². The minimum absolute atomic E-state index is 0.167. The lowest BCUT2D eigenvalue weighted by molar-refractivity contribution is -0.137. The van der Waals surface area contributed by atoms with E-state index < -0.39 is 5.97 Å². The highest BCUT2D eigenvalue weighted by Gasteiger charge is 1.97. The van der Waals surface area contributed by atoms with Gasteiger partial charge >= 0.3 is 5.97 Å². The van der Waals surface area contributed by atoms with Gasteiger partial charge in [-0.05, 0) is 40.0 Å². The number of carbonyl (C=O) groups is 1. The predicted octanol–water partition coefficient (Wildman–Crippen LogP) is 6.96.